The lowest BCUT2D eigenvalue weighted by Crippen LogP contribution is -2.40. The number of hydrogen-bond acceptors (Lipinski definition) is 5. The standard InChI is InChI=1S/C16H17F3N2O4/c17-16(18,19)10-6-12(21-11-2-1-3-13(22)14(10)11)15(23)20-7-9-8-24-4-5-25-9/h6,9H,1-5,7-8H2,(H,20,23)/t9-/m1/s1. The molecule has 2 heterocycles. The molecule has 1 saturated heterocycles. The minimum Gasteiger partial charge on any atom is -0.376 e. The van der Waals surface area contributed by atoms with Gasteiger partial charge in [-0.05, 0) is 18.9 Å². The summed E-state index contributed by atoms with van der Waals surface area (Å²) in [5.41, 5.74) is -1.81. The van der Waals surface area contributed by atoms with Crippen LogP contribution in [0.1, 0.15) is 44.9 Å². The second-order valence-corrected chi connectivity index (χ2v) is 5.93. The molecule has 1 aromatic rings. The first-order valence-corrected chi connectivity index (χ1v) is 7.98. The molecule has 1 aromatic heterocycles. The Bertz CT molecular complexity index is 685. The minimum absolute atomic E-state index is 0.0356. The van der Waals surface area contributed by atoms with Gasteiger partial charge in [0.1, 0.15) is 5.69 Å². The number of pyridine rings is 1. The molecule has 1 N–H and O–H groups in total. The first-order chi connectivity index (χ1) is 11.9. The number of amides is 1. The molecule has 0 spiro atoms. The van der Waals surface area contributed by atoms with Crippen molar-refractivity contribution in [1.82, 2.24) is 10.3 Å². The normalized spacial score (nSPS) is 20.9. The Morgan fingerprint density at radius 3 is 2.80 bits per heavy atom. The number of alkyl halides is 3. The molecule has 0 aromatic carbocycles. The highest BCUT2D eigenvalue weighted by Crippen LogP contribution is 2.36. The second-order valence-electron chi connectivity index (χ2n) is 5.93. The molecule has 9 heteroatoms. The van der Waals surface area contributed by atoms with Crippen LogP contribution in [0, 0.1) is 0 Å². The SMILES string of the molecule is O=C(NC[C@@H]1COCCO1)c1cc(C(F)(F)F)c2c(n1)CCCC2=O. The van der Waals surface area contributed by atoms with Crippen molar-refractivity contribution in [2.45, 2.75) is 31.5 Å². The third kappa shape index (κ3) is 3.98. The van der Waals surface area contributed by atoms with E-state index in [1.54, 1.807) is 0 Å². The van der Waals surface area contributed by atoms with Crippen molar-refractivity contribution in [3.8, 4) is 0 Å². The number of Topliss-reactive ketones (excluding diaryl/α,β-unsaturated/α-hetero) is 1. The van der Waals surface area contributed by atoms with Gasteiger partial charge in [0.25, 0.3) is 5.91 Å². The number of nitrogens with zero attached hydrogens (tertiary/aromatic N) is 1. The van der Waals surface area contributed by atoms with E-state index in [9.17, 15) is 22.8 Å². The van der Waals surface area contributed by atoms with Crippen molar-refractivity contribution in [3.63, 3.8) is 0 Å². The first kappa shape index (κ1) is 17.8. The molecule has 1 fully saturated rings. The molecule has 136 valence electrons. The molecule has 1 aliphatic heterocycles. The highest BCUT2D eigenvalue weighted by Gasteiger charge is 2.39. The molecule has 0 unspecified atom stereocenters. The average molecular weight is 358 g/mol. The van der Waals surface area contributed by atoms with E-state index in [0.717, 1.165) is 0 Å². The largest absolute Gasteiger partial charge is 0.417 e. The molecule has 0 saturated carbocycles. The summed E-state index contributed by atoms with van der Waals surface area (Å²) in [5.74, 6) is -1.32. The zero-order valence-electron chi connectivity index (χ0n) is 13.3. The van der Waals surface area contributed by atoms with Gasteiger partial charge in [-0.1, -0.05) is 0 Å². The van der Waals surface area contributed by atoms with Crippen LogP contribution < -0.4 is 5.32 Å². The predicted octanol–water partition coefficient (Wildman–Crippen LogP) is 1.76. The first-order valence-electron chi connectivity index (χ1n) is 7.98. The summed E-state index contributed by atoms with van der Waals surface area (Å²) in [6.45, 7) is 1.29. The van der Waals surface area contributed by atoms with Crippen LogP contribution in [-0.2, 0) is 22.1 Å². The number of aromatic nitrogens is 1. The molecule has 1 atom stereocenters. The van der Waals surface area contributed by atoms with Crippen LogP contribution in [0.3, 0.4) is 0 Å². The van der Waals surface area contributed by atoms with Crippen LogP contribution in [0.2, 0.25) is 0 Å². The van der Waals surface area contributed by atoms with Crippen molar-refractivity contribution in [2.24, 2.45) is 0 Å². The summed E-state index contributed by atoms with van der Waals surface area (Å²) in [5, 5.41) is 2.51. The number of halogens is 3. The smallest absolute Gasteiger partial charge is 0.376 e. The molecule has 25 heavy (non-hydrogen) atoms. The van der Waals surface area contributed by atoms with Crippen molar-refractivity contribution < 1.29 is 32.2 Å². The third-order valence-corrected chi connectivity index (χ3v) is 4.10. The molecular weight excluding hydrogens is 341 g/mol. The summed E-state index contributed by atoms with van der Waals surface area (Å²) in [4.78, 5) is 28.1. The van der Waals surface area contributed by atoms with Crippen molar-refractivity contribution in [3.05, 3.63) is 28.6 Å². The Labute approximate surface area is 141 Å². The van der Waals surface area contributed by atoms with Crippen LogP contribution in [0.25, 0.3) is 0 Å². The van der Waals surface area contributed by atoms with Crippen LogP contribution in [-0.4, -0.2) is 49.1 Å². The summed E-state index contributed by atoms with van der Waals surface area (Å²) < 4.78 is 50.5. The number of aryl methyl sites for hydroxylation is 1. The van der Waals surface area contributed by atoms with E-state index in [4.69, 9.17) is 9.47 Å². The number of ketones is 1. The highest BCUT2D eigenvalue weighted by atomic mass is 19.4. The van der Waals surface area contributed by atoms with E-state index in [1.165, 1.54) is 0 Å². The molecule has 0 radical (unpaired) electrons. The third-order valence-electron chi connectivity index (χ3n) is 4.10. The van der Waals surface area contributed by atoms with Gasteiger partial charge in [-0.15, -0.1) is 0 Å². The number of carbonyl (C=O) groups excluding carboxylic acids is 2. The molecule has 3 rings (SSSR count). The molecular formula is C16H17F3N2O4. The maximum absolute atomic E-state index is 13.3. The van der Waals surface area contributed by atoms with E-state index in [-0.39, 0.29) is 36.9 Å². The van der Waals surface area contributed by atoms with Gasteiger partial charge in [0.15, 0.2) is 5.78 Å². The van der Waals surface area contributed by atoms with Crippen LogP contribution in [0.4, 0.5) is 13.2 Å². The Balaban J connectivity index is 1.83. The average Bonchev–Trinajstić information content (AvgIpc) is 2.59. The lowest BCUT2D eigenvalue weighted by Gasteiger charge is -2.23. The Hall–Kier alpha value is -2.00. The summed E-state index contributed by atoms with van der Waals surface area (Å²) in [7, 11) is 0. The van der Waals surface area contributed by atoms with Crippen LogP contribution in [0.5, 0.6) is 0 Å². The maximum Gasteiger partial charge on any atom is 0.417 e. The predicted molar refractivity (Wildman–Crippen MR) is 79.4 cm³/mol. The van der Waals surface area contributed by atoms with Crippen molar-refractivity contribution in [2.75, 3.05) is 26.4 Å². The fourth-order valence-corrected chi connectivity index (χ4v) is 2.92. The van der Waals surface area contributed by atoms with Gasteiger partial charge in [-0.25, -0.2) is 4.98 Å². The van der Waals surface area contributed by atoms with Gasteiger partial charge in [-0.3, -0.25) is 9.59 Å². The number of fused-ring (bicyclic) bond motifs is 1. The summed E-state index contributed by atoms with van der Waals surface area (Å²) in [6, 6.07) is 0.648. The van der Waals surface area contributed by atoms with Gasteiger partial charge in [0.2, 0.25) is 0 Å². The Morgan fingerprint density at radius 2 is 2.12 bits per heavy atom. The maximum atomic E-state index is 13.3. The van der Waals surface area contributed by atoms with Gasteiger partial charge in [-0.2, -0.15) is 13.2 Å². The van der Waals surface area contributed by atoms with Gasteiger partial charge >= 0.3 is 6.18 Å². The number of rotatable bonds is 3. The van der Waals surface area contributed by atoms with E-state index in [0.29, 0.717) is 32.3 Å². The van der Waals surface area contributed by atoms with Gasteiger partial charge < -0.3 is 14.8 Å². The quantitative estimate of drug-likeness (QED) is 0.891. The van der Waals surface area contributed by atoms with Crippen LogP contribution in [0.15, 0.2) is 6.07 Å². The van der Waals surface area contributed by atoms with Gasteiger partial charge in [0.05, 0.1) is 42.7 Å². The minimum atomic E-state index is -4.73. The second kappa shape index (κ2) is 7.09. The number of carbonyl (C=O) groups is 2. The molecule has 2 aliphatic rings. The molecule has 1 aliphatic carbocycles. The highest BCUT2D eigenvalue weighted by molar-refractivity contribution is 6.01. The lowest BCUT2D eigenvalue weighted by atomic mass is 9.90. The Morgan fingerprint density at radius 1 is 1.32 bits per heavy atom. The fourth-order valence-electron chi connectivity index (χ4n) is 2.92. The van der Waals surface area contributed by atoms with Crippen molar-refractivity contribution in [1.29, 1.82) is 0 Å². The van der Waals surface area contributed by atoms with E-state index in [2.05, 4.69) is 10.3 Å². The molecule has 1 amide bonds. The summed E-state index contributed by atoms with van der Waals surface area (Å²) >= 11 is 0. The monoisotopic (exact) mass is 358 g/mol. The number of ether oxygens (including phenoxy) is 2. The number of hydrogen-bond donors (Lipinski definition) is 1. The molecule has 0 bridgehead atoms. The lowest BCUT2D eigenvalue weighted by molar-refractivity contribution is -0.138. The Kier molecular flexibility index (Phi) is 5.05. The zero-order chi connectivity index (χ0) is 18.0. The van der Waals surface area contributed by atoms with Gasteiger partial charge in [0, 0.05) is 13.0 Å². The summed E-state index contributed by atoms with van der Waals surface area (Å²) in [6.07, 6.45) is -4.35. The van der Waals surface area contributed by atoms with Crippen LogP contribution >= 0.6 is 0 Å². The number of nitrogens with one attached hydrogen (secondary N) is 1. The topological polar surface area (TPSA) is 77.5 Å². The van der Waals surface area contributed by atoms with E-state index in [1.807, 2.05) is 0 Å². The zero-order valence-corrected chi connectivity index (χ0v) is 13.3. The fraction of sp³-hybridized carbons (Fsp3) is 0.562. The molecule has 6 nitrogen and oxygen atoms in total. The van der Waals surface area contributed by atoms with E-state index < -0.39 is 29.0 Å². The van der Waals surface area contributed by atoms with Crippen molar-refractivity contribution >= 4 is 11.7 Å². The van der Waals surface area contributed by atoms with E-state index >= 15 is 0 Å².